The number of aromatic amines is 2. The molecule has 0 aliphatic carbocycles. The summed E-state index contributed by atoms with van der Waals surface area (Å²) in [5.41, 5.74) is 7.93. The van der Waals surface area contributed by atoms with Crippen LogP contribution >= 0.6 is 11.3 Å². The number of alkyl carbamates (subject to hydrolysis) is 1. The maximum atomic E-state index is 13.7. The predicted molar refractivity (Wildman–Crippen MR) is 236 cm³/mol. The fourth-order valence-corrected chi connectivity index (χ4v) is 10.0. The van der Waals surface area contributed by atoms with Crippen LogP contribution < -0.4 is 10.6 Å². The van der Waals surface area contributed by atoms with Crippen LogP contribution in [0.5, 0.6) is 0 Å². The van der Waals surface area contributed by atoms with Crippen LogP contribution in [0.4, 0.5) is 4.79 Å². The normalized spacial score (nSPS) is 18.2. The maximum Gasteiger partial charge on any atom is 0.407 e. The van der Waals surface area contributed by atoms with E-state index in [0.717, 1.165) is 102 Å². The summed E-state index contributed by atoms with van der Waals surface area (Å²) < 4.78 is 4.96. The highest BCUT2D eigenvalue weighted by molar-refractivity contribution is 7.19. The molecule has 2 fully saturated rings. The molecule has 0 radical (unpaired) electrons. The quantitative estimate of drug-likeness (QED) is 0.0925. The number of likely N-dealkylation sites (tertiary alicyclic amines) is 2. The highest BCUT2D eigenvalue weighted by atomic mass is 32.1. The van der Waals surface area contributed by atoms with E-state index in [4.69, 9.17) is 14.7 Å². The van der Waals surface area contributed by atoms with Crippen molar-refractivity contribution < 1.29 is 19.1 Å². The topological polar surface area (TPSA) is 148 Å². The van der Waals surface area contributed by atoms with Gasteiger partial charge in [-0.3, -0.25) is 9.59 Å². The first-order valence-corrected chi connectivity index (χ1v) is 22.0. The standard InChI is InChI=1S/C46H60N8O4S/c1-10-11-14-30-25-38(29-17-19-32-34(23-29)50-43(49-32)37-16-13-22-54(37)44(56)39(26(2)3)47-28(5)55)59-40(30)31-18-20-33-35(24-31)51-42(48-33)36-15-12-21-53(36)27(4)41(46(6,7)8)52-45(57)58-9/h17-20,23-26,36-37,39,41H,4,10-16,21-22H2,1-3,5-9H3,(H,47,55)(H,48,51)(H,49,50)(H,52,57). The Balaban J connectivity index is 1.15. The number of benzene rings is 2. The molecule has 0 saturated carbocycles. The predicted octanol–water partition coefficient (Wildman–Crippen LogP) is 9.42. The number of amides is 3. The number of hydrogen-bond donors (Lipinski definition) is 4. The van der Waals surface area contributed by atoms with Gasteiger partial charge in [-0.1, -0.05) is 66.7 Å². The van der Waals surface area contributed by atoms with Crippen LogP contribution in [0.1, 0.15) is 116 Å². The van der Waals surface area contributed by atoms with Crippen molar-refractivity contribution in [1.82, 2.24) is 40.4 Å². The molecule has 0 bridgehead atoms. The molecule has 3 aromatic heterocycles. The number of aromatic nitrogens is 4. The summed E-state index contributed by atoms with van der Waals surface area (Å²) in [6.45, 7) is 19.9. The van der Waals surface area contributed by atoms with E-state index in [2.05, 4.69) is 102 Å². The summed E-state index contributed by atoms with van der Waals surface area (Å²) in [4.78, 5) is 61.9. The Bertz CT molecular complexity index is 2350. The van der Waals surface area contributed by atoms with E-state index < -0.39 is 12.1 Å². The summed E-state index contributed by atoms with van der Waals surface area (Å²) in [7, 11) is 1.38. The Morgan fingerprint density at radius 3 is 2.08 bits per heavy atom. The minimum absolute atomic E-state index is 0.0203. The second-order valence-corrected chi connectivity index (χ2v) is 18.7. The summed E-state index contributed by atoms with van der Waals surface area (Å²) in [5, 5.41) is 5.89. The molecule has 59 heavy (non-hydrogen) atoms. The smallest absolute Gasteiger partial charge is 0.407 e. The van der Waals surface area contributed by atoms with Crippen LogP contribution in [-0.4, -0.2) is 79.9 Å². The number of fused-ring (bicyclic) bond motifs is 2. The average Bonchev–Trinajstić information content (AvgIpc) is 4.04. The Labute approximate surface area is 351 Å². The highest BCUT2D eigenvalue weighted by Crippen LogP contribution is 2.42. The molecule has 13 heteroatoms. The van der Waals surface area contributed by atoms with E-state index >= 15 is 0 Å². The van der Waals surface area contributed by atoms with Crippen LogP contribution in [0, 0.1) is 11.3 Å². The number of ether oxygens (including phenoxy) is 1. The molecule has 2 saturated heterocycles. The van der Waals surface area contributed by atoms with Crippen molar-refractivity contribution in [2.24, 2.45) is 11.3 Å². The number of methoxy groups -OCH3 is 1. The minimum atomic E-state index is -0.567. The lowest BCUT2D eigenvalue weighted by atomic mass is 9.84. The SMILES string of the molecule is C=C(C(NC(=O)OC)C(C)(C)C)N1CCCC1c1nc2ccc(-c3sc(-c4ccc5nc(C6CCCN6C(=O)C(NC(C)=O)C(C)C)[nH]c5c4)cc3CCCC)cc2[nH]1. The van der Waals surface area contributed by atoms with Crippen molar-refractivity contribution in [2.45, 2.75) is 118 Å². The molecule has 4 atom stereocenters. The third-order valence-corrected chi connectivity index (χ3v) is 13.2. The fourth-order valence-electron chi connectivity index (χ4n) is 8.80. The van der Waals surface area contributed by atoms with Gasteiger partial charge in [0.05, 0.1) is 47.3 Å². The summed E-state index contributed by atoms with van der Waals surface area (Å²) in [6, 6.07) is 14.3. The average molecular weight is 821 g/mol. The molecule has 7 rings (SSSR count). The first-order chi connectivity index (χ1) is 28.2. The van der Waals surface area contributed by atoms with Gasteiger partial charge in [0.25, 0.3) is 0 Å². The van der Waals surface area contributed by atoms with E-state index in [1.54, 1.807) is 0 Å². The largest absolute Gasteiger partial charge is 0.453 e. The van der Waals surface area contributed by atoms with Crippen molar-refractivity contribution in [3.05, 3.63) is 72.0 Å². The number of imidazole rings is 2. The van der Waals surface area contributed by atoms with Crippen molar-refractivity contribution in [3.8, 4) is 20.9 Å². The van der Waals surface area contributed by atoms with E-state index in [1.165, 1.54) is 29.4 Å². The molecule has 3 amide bonds. The fraction of sp³-hybridized carbons (Fsp3) is 0.500. The van der Waals surface area contributed by atoms with Crippen LogP contribution in [-0.2, 0) is 20.7 Å². The van der Waals surface area contributed by atoms with Crippen LogP contribution in [0.25, 0.3) is 42.9 Å². The number of aryl methyl sites for hydroxylation is 1. The Hall–Kier alpha value is -5.17. The number of carbonyl (C=O) groups excluding carboxylic acids is 3. The molecule has 2 aliphatic heterocycles. The van der Waals surface area contributed by atoms with Crippen molar-refractivity contribution in [3.63, 3.8) is 0 Å². The van der Waals surface area contributed by atoms with Crippen LogP contribution in [0.3, 0.4) is 0 Å². The lowest BCUT2D eigenvalue weighted by Gasteiger charge is -2.38. The highest BCUT2D eigenvalue weighted by Gasteiger charge is 2.39. The second kappa shape index (κ2) is 17.2. The van der Waals surface area contributed by atoms with Crippen molar-refractivity contribution >= 4 is 51.3 Å². The zero-order valence-electron chi connectivity index (χ0n) is 35.8. The molecule has 12 nitrogen and oxygen atoms in total. The van der Waals surface area contributed by atoms with Gasteiger partial charge in [-0.2, -0.15) is 0 Å². The second-order valence-electron chi connectivity index (χ2n) is 17.7. The van der Waals surface area contributed by atoms with Gasteiger partial charge in [0, 0.05) is 35.5 Å². The molecule has 4 unspecified atom stereocenters. The number of unbranched alkanes of at least 4 members (excludes halogenated alkanes) is 1. The summed E-state index contributed by atoms with van der Waals surface area (Å²) in [5.74, 6) is 1.41. The van der Waals surface area contributed by atoms with Gasteiger partial charge < -0.3 is 35.1 Å². The van der Waals surface area contributed by atoms with Gasteiger partial charge in [-0.05, 0) is 96.9 Å². The van der Waals surface area contributed by atoms with E-state index in [1.807, 2.05) is 30.1 Å². The number of carbonyl (C=O) groups is 3. The van der Waals surface area contributed by atoms with Gasteiger partial charge in [-0.25, -0.2) is 14.8 Å². The maximum absolute atomic E-state index is 13.7. The minimum Gasteiger partial charge on any atom is -0.453 e. The monoisotopic (exact) mass is 820 g/mol. The number of rotatable bonds is 13. The molecule has 0 spiro atoms. The zero-order valence-corrected chi connectivity index (χ0v) is 36.6. The first kappa shape index (κ1) is 42.0. The Morgan fingerprint density at radius 2 is 1.51 bits per heavy atom. The number of hydrogen-bond acceptors (Lipinski definition) is 8. The van der Waals surface area contributed by atoms with E-state index in [-0.39, 0.29) is 41.3 Å². The van der Waals surface area contributed by atoms with E-state index in [0.29, 0.717) is 6.54 Å². The Kier molecular flexibility index (Phi) is 12.2. The van der Waals surface area contributed by atoms with Crippen LogP contribution in [0.15, 0.2) is 54.7 Å². The van der Waals surface area contributed by atoms with Gasteiger partial charge in [-0.15, -0.1) is 11.3 Å². The molecule has 5 aromatic rings. The third kappa shape index (κ3) is 8.76. The van der Waals surface area contributed by atoms with Gasteiger partial charge in [0.15, 0.2) is 0 Å². The number of nitrogens with zero attached hydrogens (tertiary/aromatic N) is 4. The lowest BCUT2D eigenvalue weighted by molar-refractivity contribution is -0.138. The Morgan fingerprint density at radius 1 is 0.915 bits per heavy atom. The van der Waals surface area contributed by atoms with Gasteiger partial charge in [0.2, 0.25) is 11.8 Å². The van der Waals surface area contributed by atoms with Crippen LogP contribution in [0.2, 0.25) is 0 Å². The molecule has 2 aliphatic rings. The molecule has 4 N–H and O–H groups in total. The van der Waals surface area contributed by atoms with Crippen molar-refractivity contribution in [2.75, 3.05) is 20.2 Å². The third-order valence-electron chi connectivity index (χ3n) is 11.9. The summed E-state index contributed by atoms with van der Waals surface area (Å²) in [6.07, 6.45) is 6.37. The number of nitrogens with one attached hydrogen (secondary N) is 4. The number of thiophene rings is 1. The zero-order chi connectivity index (χ0) is 42.2. The molecular weight excluding hydrogens is 761 g/mol. The molecular formula is C46H60N8O4S. The molecule has 5 heterocycles. The van der Waals surface area contributed by atoms with Gasteiger partial charge in [0.1, 0.15) is 17.7 Å². The van der Waals surface area contributed by atoms with Crippen molar-refractivity contribution in [1.29, 1.82) is 0 Å². The lowest BCUT2D eigenvalue weighted by Crippen LogP contribution is -2.50. The van der Waals surface area contributed by atoms with E-state index in [9.17, 15) is 14.4 Å². The summed E-state index contributed by atoms with van der Waals surface area (Å²) >= 11 is 1.81. The first-order valence-electron chi connectivity index (χ1n) is 21.2. The number of H-pyrrole nitrogens is 2. The van der Waals surface area contributed by atoms with Gasteiger partial charge >= 0.3 is 6.09 Å². The molecule has 314 valence electrons. The molecule has 2 aromatic carbocycles.